The third-order valence-corrected chi connectivity index (χ3v) is 9.34. The van der Waals surface area contributed by atoms with Crippen molar-refractivity contribution in [2.24, 2.45) is 11.8 Å². The molecule has 2 aromatic carbocycles. The highest BCUT2D eigenvalue weighted by Gasteiger charge is 2.25. The highest BCUT2D eigenvalue weighted by atomic mass is 16.1. The minimum Gasteiger partial charge on any atom is -0.300 e. The molecule has 196 valence electrons. The lowest BCUT2D eigenvalue weighted by Crippen LogP contribution is -2.16. The molecule has 2 aromatic rings. The van der Waals surface area contributed by atoms with Gasteiger partial charge in [0.05, 0.1) is 0 Å². The summed E-state index contributed by atoms with van der Waals surface area (Å²) in [7, 11) is 0. The Kier molecular flexibility index (Phi) is 10.7. The first-order chi connectivity index (χ1) is 17.6. The number of hydrogen-bond donors (Lipinski definition) is 0. The van der Waals surface area contributed by atoms with Crippen LogP contribution in [0.15, 0.2) is 48.5 Å². The number of hydrogen-bond acceptors (Lipinski definition) is 1. The van der Waals surface area contributed by atoms with Crippen molar-refractivity contribution >= 4 is 5.78 Å². The van der Waals surface area contributed by atoms with E-state index < -0.39 is 0 Å². The molecule has 0 amide bonds. The second-order valence-corrected chi connectivity index (χ2v) is 12.0. The second kappa shape index (κ2) is 14.2. The molecule has 0 atom stereocenters. The number of Topliss-reactive ketones (excluding diaryl/α,β-unsaturated/α-hetero) is 1. The summed E-state index contributed by atoms with van der Waals surface area (Å²) in [5.74, 6) is 3.53. The molecule has 0 spiro atoms. The van der Waals surface area contributed by atoms with E-state index in [1.807, 2.05) is 0 Å². The first-order valence-corrected chi connectivity index (χ1v) is 15.3. The Hall–Kier alpha value is -1.89. The molecule has 0 radical (unpaired) electrons. The van der Waals surface area contributed by atoms with E-state index in [0.29, 0.717) is 5.78 Å². The Morgan fingerprint density at radius 1 is 0.583 bits per heavy atom. The molecule has 0 heterocycles. The Morgan fingerprint density at radius 2 is 0.944 bits per heavy atom. The van der Waals surface area contributed by atoms with Gasteiger partial charge in [0.1, 0.15) is 5.78 Å². The van der Waals surface area contributed by atoms with Crippen LogP contribution in [-0.4, -0.2) is 5.78 Å². The van der Waals surface area contributed by atoms with Gasteiger partial charge in [0.25, 0.3) is 0 Å². The van der Waals surface area contributed by atoms with E-state index in [1.165, 1.54) is 99.3 Å². The zero-order valence-corrected chi connectivity index (χ0v) is 23.2. The highest BCUT2D eigenvalue weighted by molar-refractivity contribution is 5.78. The Morgan fingerprint density at radius 3 is 1.28 bits per heavy atom. The van der Waals surface area contributed by atoms with Crippen LogP contribution in [0.3, 0.4) is 0 Å². The van der Waals surface area contributed by atoms with Crippen LogP contribution in [0.5, 0.6) is 0 Å². The van der Waals surface area contributed by atoms with Crippen LogP contribution in [0.4, 0.5) is 0 Å². The molecule has 0 bridgehead atoms. The van der Waals surface area contributed by atoms with Crippen LogP contribution in [-0.2, 0) is 17.6 Å². The van der Waals surface area contributed by atoms with Crippen molar-refractivity contribution in [2.75, 3.05) is 0 Å². The van der Waals surface area contributed by atoms with Gasteiger partial charge in [-0.05, 0) is 123 Å². The SMILES string of the molecule is CCCc1ccc(C2CCC(CCC(=O)CC[C@H]3CC[C@H](c4ccc(CCC)cc4)CC3)CC2)cc1. The third kappa shape index (κ3) is 8.06. The van der Waals surface area contributed by atoms with Crippen LogP contribution in [0.2, 0.25) is 0 Å². The topological polar surface area (TPSA) is 17.1 Å². The smallest absolute Gasteiger partial charge is 0.132 e. The van der Waals surface area contributed by atoms with E-state index in [1.54, 1.807) is 0 Å². The fraction of sp³-hybridized carbons (Fsp3) is 0.629. The van der Waals surface area contributed by atoms with E-state index >= 15 is 0 Å². The van der Waals surface area contributed by atoms with Crippen molar-refractivity contribution in [2.45, 2.75) is 128 Å². The zero-order valence-electron chi connectivity index (χ0n) is 23.2. The number of rotatable bonds is 12. The average Bonchev–Trinajstić information content (AvgIpc) is 2.93. The molecule has 2 aliphatic carbocycles. The summed E-state index contributed by atoms with van der Waals surface area (Å²) in [6, 6.07) is 18.8. The monoisotopic (exact) mass is 486 g/mol. The summed E-state index contributed by atoms with van der Waals surface area (Å²) in [4.78, 5) is 12.7. The van der Waals surface area contributed by atoms with Gasteiger partial charge in [-0.3, -0.25) is 4.79 Å². The quantitative estimate of drug-likeness (QED) is 0.292. The molecule has 2 aliphatic rings. The van der Waals surface area contributed by atoms with Crippen LogP contribution in [0.25, 0.3) is 0 Å². The summed E-state index contributed by atoms with van der Waals surface area (Å²) >= 11 is 0. The summed E-state index contributed by atoms with van der Waals surface area (Å²) in [5, 5.41) is 0. The van der Waals surface area contributed by atoms with Gasteiger partial charge in [0.15, 0.2) is 0 Å². The van der Waals surface area contributed by atoms with E-state index in [4.69, 9.17) is 0 Å². The fourth-order valence-electron chi connectivity index (χ4n) is 6.91. The van der Waals surface area contributed by atoms with E-state index in [2.05, 4.69) is 62.4 Å². The van der Waals surface area contributed by atoms with Crippen molar-refractivity contribution < 1.29 is 4.79 Å². The number of aryl methyl sites for hydroxylation is 2. The first-order valence-electron chi connectivity index (χ1n) is 15.3. The van der Waals surface area contributed by atoms with Gasteiger partial charge in [-0.15, -0.1) is 0 Å². The van der Waals surface area contributed by atoms with Crippen LogP contribution >= 0.6 is 0 Å². The number of carbonyl (C=O) groups is 1. The van der Waals surface area contributed by atoms with Gasteiger partial charge in [0, 0.05) is 12.8 Å². The lowest BCUT2D eigenvalue weighted by molar-refractivity contribution is -0.119. The second-order valence-electron chi connectivity index (χ2n) is 12.0. The minimum atomic E-state index is 0.525. The molecule has 1 heteroatoms. The van der Waals surface area contributed by atoms with Crippen molar-refractivity contribution in [3.63, 3.8) is 0 Å². The van der Waals surface area contributed by atoms with Crippen LogP contribution in [0, 0.1) is 11.8 Å². The van der Waals surface area contributed by atoms with Crippen LogP contribution < -0.4 is 0 Å². The van der Waals surface area contributed by atoms with Gasteiger partial charge in [0.2, 0.25) is 0 Å². The zero-order chi connectivity index (χ0) is 25.2. The maximum absolute atomic E-state index is 12.7. The van der Waals surface area contributed by atoms with Crippen molar-refractivity contribution in [1.29, 1.82) is 0 Å². The molecule has 0 aromatic heterocycles. The molecule has 2 fully saturated rings. The van der Waals surface area contributed by atoms with Gasteiger partial charge in [-0.2, -0.15) is 0 Å². The maximum Gasteiger partial charge on any atom is 0.132 e. The molecule has 0 saturated heterocycles. The molecule has 2 saturated carbocycles. The molecule has 0 aliphatic heterocycles. The molecule has 0 unspecified atom stereocenters. The summed E-state index contributed by atoms with van der Waals surface area (Å²) in [5.41, 5.74) is 6.01. The van der Waals surface area contributed by atoms with Gasteiger partial charge < -0.3 is 0 Å². The molecule has 36 heavy (non-hydrogen) atoms. The summed E-state index contributed by atoms with van der Waals surface area (Å²) < 4.78 is 0. The van der Waals surface area contributed by atoms with E-state index in [-0.39, 0.29) is 0 Å². The standard InChI is InChI=1S/C35H50O/c1-3-5-27-7-17-31(18-8-27)33-21-11-29(12-22-33)15-25-35(36)26-16-30-13-23-34(24-14-30)32-19-9-28(6-4-2)10-20-32/h7-10,17-20,29-30,33-34H,3-6,11-16,21-26H2,1-2H3/t29-,30?,33-,34?. The van der Waals surface area contributed by atoms with Crippen LogP contribution in [0.1, 0.15) is 138 Å². The van der Waals surface area contributed by atoms with Gasteiger partial charge >= 0.3 is 0 Å². The van der Waals surface area contributed by atoms with E-state index in [0.717, 1.165) is 49.4 Å². The number of benzene rings is 2. The lowest BCUT2D eigenvalue weighted by atomic mass is 9.76. The highest BCUT2D eigenvalue weighted by Crippen LogP contribution is 2.39. The first kappa shape index (κ1) is 27.2. The van der Waals surface area contributed by atoms with Gasteiger partial charge in [-0.1, -0.05) is 75.2 Å². The third-order valence-electron chi connectivity index (χ3n) is 9.34. The van der Waals surface area contributed by atoms with E-state index in [9.17, 15) is 4.79 Å². The minimum absolute atomic E-state index is 0.525. The van der Waals surface area contributed by atoms with Crippen molar-refractivity contribution in [3.05, 3.63) is 70.8 Å². The predicted octanol–water partition coefficient (Wildman–Crippen LogP) is 9.97. The molecular weight excluding hydrogens is 436 g/mol. The average molecular weight is 487 g/mol. The van der Waals surface area contributed by atoms with Gasteiger partial charge in [-0.25, -0.2) is 0 Å². The Balaban J connectivity index is 1.09. The van der Waals surface area contributed by atoms with Crippen molar-refractivity contribution in [3.8, 4) is 0 Å². The number of ketones is 1. The summed E-state index contributed by atoms with van der Waals surface area (Å²) in [6.45, 7) is 4.50. The maximum atomic E-state index is 12.7. The molecule has 0 N–H and O–H groups in total. The molecule has 4 rings (SSSR count). The largest absolute Gasteiger partial charge is 0.300 e. The Labute approximate surface area is 221 Å². The predicted molar refractivity (Wildman–Crippen MR) is 154 cm³/mol. The Bertz CT molecular complexity index is 817. The normalized spacial score (nSPS) is 24.5. The molecular formula is C35H50O. The lowest BCUT2D eigenvalue weighted by Gasteiger charge is -2.29. The number of carbonyl (C=O) groups excluding carboxylic acids is 1. The fourth-order valence-corrected chi connectivity index (χ4v) is 6.91. The summed E-state index contributed by atoms with van der Waals surface area (Å²) in [6.07, 6.45) is 19.1. The van der Waals surface area contributed by atoms with Crippen molar-refractivity contribution in [1.82, 2.24) is 0 Å². The molecule has 1 nitrogen and oxygen atoms in total.